The third kappa shape index (κ3) is 4.24. The lowest BCUT2D eigenvalue weighted by Crippen LogP contribution is -2.34. The van der Waals surface area contributed by atoms with Crippen LogP contribution in [0.4, 0.5) is 11.6 Å². The second-order valence-electron chi connectivity index (χ2n) is 5.06. The van der Waals surface area contributed by atoms with Crippen molar-refractivity contribution in [3.63, 3.8) is 0 Å². The predicted molar refractivity (Wildman–Crippen MR) is 81.0 cm³/mol. The summed E-state index contributed by atoms with van der Waals surface area (Å²) in [6.45, 7) is 6.36. The molecule has 0 aliphatic carbocycles. The maximum atomic E-state index is 9.98. The van der Waals surface area contributed by atoms with E-state index in [1.807, 2.05) is 31.7 Å². The van der Waals surface area contributed by atoms with Crippen molar-refractivity contribution in [3.05, 3.63) is 12.4 Å². The summed E-state index contributed by atoms with van der Waals surface area (Å²) >= 11 is 1.98. The number of aliphatic hydroxyl groups is 1. The van der Waals surface area contributed by atoms with Gasteiger partial charge in [-0.25, -0.2) is 9.97 Å². The number of nitrogens with one attached hydrogen (secondary N) is 1. The summed E-state index contributed by atoms with van der Waals surface area (Å²) in [5.74, 6) is 4.04. The van der Waals surface area contributed by atoms with Gasteiger partial charge in [0.2, 0.25) is 0 Å². The quantitative estimate of drug-likeness (QED) is 0.855. The van der Waals surface area contributed by atoms with E-state index in [9.17, 15) is 5.11 Å². The molecular weight excluding hydrogens is 260 g/mol. The molecule has 1 aromatic rings. The molecule has 2 heterocycles. The smallest absolute Gasteiger partial charge is 0.134 e. The number of thioether (sulfide) groups is 1. The Kier molecular flexibility index (Phi) is 4.87. The monoisotopic (exact) mass is 282 g/mol. The van der Waals surface area contributed by atoms with Crippen molar-refractivity contribution in [3.8, 4) is 0 Å². The molecule has 0 aromatic carbocycles. The second kappa shape index (κ2) is 6.43. The SMILES string of the molecule is CCC(C)(O)CNc1cc(N2CCSCC2)ncn1. The zero-order valence-electron chi connectivity index (χ0n) is 11.6. The maximum absolute atomic E-state index is 9.98. The second-order valence-corrected chi connectivity index (χ2v) is 6.29. The molecule has 1 fully saturated rings. The van der Waals surface area contributed by atoms with Crippen LogP contribution >= 0.6 is 11.8 Å². The molecule has 1 saturated heterocycles. The van der Waals surface area contributed by atoms with Crippen LogP contribution in [0.1, 0.15) is 20.3 Å². The average molecular weight is 282 g/mol. The van der Waals surface area contributed by atoms with E-state index in [1.54, 1.807) is 6.33 Å². The lowest BCUT2D eigenvalue weighted by Gasteiger charge is -2.27. The topological polar surface area (TPSA) is 61.3 Å². The third-order valence-corrected chi connectivity index (χ3v) is 4.34. The molecule has 0 radical (unpaired) electrons. The fourth-order valence-corrected chi connectivity index (χ4v) is 2.72. The zero-order chi connectivity index (χ0) is 13.7. The fraction of sp³-hybridized carbons (Fsp3) is 0.692. The van der Waals surface area contributed by atoms with Gasteiger partial charge in [0, 0.05) is 37.2 Å². The van der Waals surface area contributed by atoms with Gasteiger partial charge in [-0.15, -0.1) is 0 Å². The van der Waals surface area contributed by atoms with Crippen LogP contribution in [0.25, 0.3) is 0 Å². The van der Waals surface area contributed by atoms with E-state index in [0.29, 0.717) is 13.0 Å². The highest BCUT2D eigenvalue weighted by Crippen LogP contribution is 2.19. The van der Waals surface area contributed by atoms with Crippen molar-refractivity contribution in [2.75, 3.05) is 41.4 Å². The number of nitrogens with zero attached hydrogens (tertiary/aromatic N) is 3. The Labute approximate surface area is 118 Å². The maximum Gasteiger partial charge on any atom is 0.134 e. The van der Waals surface area contributed by atoms with Crippen LogP contribution in [0.5, 0.6) is 0 Å². The first kappa shape index (κ1) is 14.4. The Balaban J connectivity index is 1.98. The van der Waals surface area contributed by atoms with Gasteiger partial charge in [-0.2, -0.15) is 11.8 Å². The van der Waals surface area contributed by atoms with Crippen molar-refractivity contribution in [2.24, 2.45) is 0 Å². The van der Waals surface area contributed by atoms with Gasteiger partial charge >= 0.3 is 0 Å². The summed E-state index contributed by atoms with van der Waals surface area (Å²) in [5.41, 5.74) is -0.702. The van der Waals surface area contributed by atoms with E-state index in [1.165, 1.54) is 0 Å². The zero-order valence-corrected chi connectivity index (χ0v) is 12.4. The first-order valence-electron chi connectivity index (χ1n) is 6.72. The number of aromatic nitrogens is 2. The van der Waals surface area contributed by atoms with Crippen LogP contribution in [0.3, 0.4) is 0 Å². The standard InChI is InChI=1S/C13H22N4OS/c1-3-13(2,18)9-14-11-8-12(16-10-15-11)17-4-6-19-7-5-17/h8,10,18H,3-7,9H2,1-2H3,(H,14,15,16). The molecular formula is C13H22N4OS. The van der Waals surface area contributed by atoms with Gasteiger partial charge in [0.05, 0.1) is 5.60 Å². The summed E-state index contributed by atoms with van der Waals surface area (Å²) in [5, 5.41) is 13.2. The molecule has 0 spiro atoms. The van der Waals surface area contributed by atoms with Gasteiger partial charge in [-0.05, 0) is 13.3 Å². The van der Waals surface area contributed by atoms with Crippen molar-refractivity contribution in [1.82, 2.24) is 9.97 Å². The Hall–Kier alpha value is -1.01. The highest BCUT2D eigenvalue weighted by molar-refractivity contribution is 7.99. The van der Waals surface area contributed by atoms with E-state index in [0.717, 1.165) is 36.2 Å². The predicted octanol–water partition coefficient (Wildman–Crippen LogP) is 1.60. The summed E-state index contributed by atoms with van der Waals surface area (Å²) in [4.78, 5) is 10.8. The van der Waals surface area contributed by atoms with Gasteiger partial charge in [-0.1, -0.05) is 6.92 Å². The van der Waals surface area contributed by atoms with Gasteiger partial charge in [0.15, 0.2) is 0 Å². The summed E-state index contributed by atoms with van der Waals surface area (Å²) < 4.78 is 0. The Morgan fingerprint density at radius 2 is 2.16 bits per heavy atom. The molecule has 1 aliphatic rings. The van der Waals surface area contributed by atoms with Crippen LogP contribution in [-0.2, 0) is 0 Å². The Morgan fingerprint density at radius 3 is 2.84 bits per heavy atom. The first-order valence-corrected chi connectivity index (χ1v) is 7.87. The highest BCUT2D eigenvalue weighted by atomic mass is 32.2. The molecule has 2 N–H and O–H groups in total. The minimum atomic E-state index is -0.702. The number of hydrogen-bond donors (Lipinski definition) is 2. The summed E-state index contributed by atoms with van der Waals surface area (Å²) in [7, 11) is 0. The Bertz CT molecular complexity index is 407. The van der Waals surface area contributed by atoms with Crippen molar-refractivity contribution >= 4 is 23.4 Å². The van der Waals surface area contributed by atoms with Gasteiger partial charge in [0.1, 0.15) is 18.0 Å². The molecule has 1 aromatic heterocycles. The van der Waals surface area contributed by atoms with E-state index in [-0.39, 0.29) is 0 Å². The molecule has 1 unspecified atom stereocenters. The molecule has 19 heavy (non-hydrogen) atoms. The van der Waals surface area contributed by atoms with E-state index < -0.39 is 5.60 Å². The molecule has 1 aliphatic heterocycles. The van der Waals surface area contributed by atoms with Crippen LogP contribution in [-0.4, -0.2) is 51.8 Å². The molecule has 5 nitrogen and oxygen atoms in total. The van der Waals surface area contributed by atoms with Gasteiger partial charge < -0.3 is 15.3 Å². The third-order valence-electron chi connectivity index (χ3n) is 3.40. The number of anilines is 2. The molecule has 0 amide bonds. The van der Waals surface area contributed by atoms with Crippen LogP contribution < -0.4 is 10.2 Å². The van der Waals surface area contributed by atoms with Crippen molar-refractivity contribution in [2.45, 2.75) is 25.9 Å². The molecule has 0 saturated carbocycles. The largest absolute Gasteiger partial charge is 0.388 e. The van der Waals surface area contributed by atoms with Crippen LogP contribution in [0.2, 0.25) is 0 Å². The van der Waals surface area contributed by atoms with Crippen molar-refractivity contribution in [1.29, 1.82) is 0 Å². The lowest BCUT2D eigenvalue weighted by atomic mass is 10.0. The minimum Gasteiger partial charge on any atom is -0.388 e. The average Bonchev–Trinajstić information content (AvgIpc) is 2.47. The molecule has 2 rings (SSSR count). The highest BCUT2D eigenvalue weighted by Gasteiger charge is 2.18. The van der Waals surface area contributed by atoms with Crippen molar-refractivity contribution < 1.29 is 5.11 Å². The normalized spacial score (nSPS) is 19.0. The fourth-order valence-electron chi connectivity index (χ4n) is 1.82. The molecule has 0 bridgehead atoms. The lowest BCUT2D eigenvalue weighted by molar-refractivity contribution is 0.0696. The molecule has 1 atom stereocenters. The van der Waals surface area contributed by atoms with E-state index in [4.69, 9.17) is 0 Å². The summed E-state index contributed by atoms with van der Waals surface area (Å²) in [6.07, 6.45) is 2.29. The van der Waals surface area contributed by atoms with E-state index >= 15 is 0 Å². The van der Waals surface area contributed by atoms with Crippen LogP contribution in [0, 0.1) is 0 Å². The van der Waals surface area contributed by atoms with Gasteiger partial charge in [0.25, 0.3) is 0 Å². The van der Waals surface area contributed by atoms with E-state index in [2.05, 4.69) is 20.2 Å². The van der Waals surface area contributed by atoms with Crippen LogP contribution in [0.15, 0.2) is 12.4 Å². The van der Waals surface area contributed by atoms with Gasteiger partial charge in [-0.3, -0.25) is 0 Å². The number of hydrogen-bond acceptors (Lipinski definition) is 6. The number of rotatable bonds is 5. The summed E-state index contributed by atoms with van der Waals surface area (Å²) in [6, 6.07) is 1.96. The first-order chi connectivity index (χ1) is 9.11. The Morgan fingerprint density at radius 1 is 1.42 bits per heavy atom. The molecule has 6 heteroatoms. The molecule has 106 valence electrons. The minimum absolute atomic E-state index is 0.496.